The predicted octanol–water partition coefficient (Wildman–Crippen LogP) is 6.44. The molecule has 0 unspecified atom stereocenters. The Morgan fingerprint density at radius 3 is 2.88 bits per heavy atom. The second kappa shape index (κ2) is 8.37. The first-order valence-corrected chi connectivity index (χ1v) is 12.3. The first-order valence-electron chi connectivity index (χ1n) is 10.2. The van der Waals surface area contributed by atoms with Crippen LogP contribution in [0.25, 0.3) is 16.2 Å². The van der Waals surface area contributed by atoms with Crippen LogP contribution in [-0.2, 0) is 19.0 Å². The average Bonchev–Trinajstić information content (AvgIpc) is 3.50. The summed E-state index contributed by atoms with van der Waals surface area (Å²) in [5, 5.41) is 17.9. The van der Waals surface area contributed by atoms with Crippen molar-refractivity contribution < 1.29 is 18.0 Å². The lowest BCUT2D eigenvalue weighted by molar-refractivity contribution is -0.142. The SMILES string of the molecule is C[C@H]1CCc2c(sc(NC(=O)c3nn4c(C(F)(F)F)cc(-c5cccs5)nc4c3Cl)c2C#N)C1. The minimum absolute atomic E-state index is 0.0791. The molecule has 0 bridgehead atoms. The second-order valence-corrected chi connectivity index (χ2v) is 10.5. The molecule has 0 saturated carbocycles. The minimum atomic E-state index is -4.76. The fourth-order valence-corrected chi connectivity index (χ4v) is 6.30. The van der Waals surface area contributed by atoms with Crippen LogP contribution in [0, 0.1) is 17.2 Å². The smallest absolute Gasteiger partial charge is 0.311 e. The number of carbonyl (C=O) groups is 1. The molecular weight excluding hydrogens is 507 g/mol. The first-order chi connectivity index (χ1) is 16.2. The summed E-state index contributed by atoms with van der Waals surface area (Å²) in [5.41, 5.74) is -0.384. The third-order valence-electron chi connectivity index (χ3n) is 5.66. The highest BCUT2D eigenvalue weighted by molar-refractivity contribution is 7.16. The van der Waals surface area contributed by atoms with E-state index < -0.39 is 23.5 Å². The molecule has 1 aliphatic carbocycles. The maximum atomic E-state index is 13.8. The number of thiophene rings is 2. The summed E-state index contributed by atoms with van der Waals surface area (Å²) in [6.45, 7) is 2.12. The molecular formula is C22H15ClF3N5OS2. The van der Waals surface area contributed by atoms with Gasteiger partial charge >= 0.3 is 6.18 Å². The number of nitrogens with one attached hydrogen (secondary N) is 1. The van der Waals surface area contributed by atoms with Crippen LogP contribution in [0.3, 0.4) is 0 Å². The molecule has 4 heterocycles. The van der Waals surface area contributed by atoms with E-state index in [1.807, 2.05) is 0 Å². The van der Waals surface area contributed by atoms with Gasteiger partial charge in [-0.2, -0.15) is 23.5 Å². The summed E-state index contributed by atoms with van der Waals surface area (Å²) in [7, 11) is 0. The molecule has 4 aromatic heterocycles. The lowest BCUT2D eigenvalue weighted by Crippen LogP contribution is -2.15. The van der Waals surface area contributed by atoms with Gasteiger partial charge in [-0.25, -0.2) is 9.50 Å². The molecule has 1 N–H and O–H groups in total. The Labute approximate surface area is 204 Å². The number of anilines is 1. The number of rotatable bonds is 3. The number of nitrogens with zero attached hydrogens (tertiary/aromatic N) is 4. The molecule has 0 aromatic carbocycles. The van der Waals surface area contributed by atoms with Crippen molar-refractivity contribution in [2.24, 2.45) is 5.92 Å². The van der Waals surface area contributed by atoms with E-state index in [1.165, 1.54) is 22.7 Å². The normalized spacial score (nSPS) is 15.8. The van der Waals surface area contributed by atoms with Crippen LogP contribution in [0.15, 0.2) is 23.6 Å². The number of aromatic nitrogens is 3. The van der Waals surface area contributed by atoms with Crippen molar-refractivity contribution in [3.05, 3.63) is 56.0 Å². The molecule has 1 aliphatic rings. The molecule has 1 atom stereocenters. The van der Waals surface area contributed by atoms with Crippen LogP contribution in [0.2, 0.25) is 5.02 Å². The largest absolute Gasteiger partial charge is 0.433 e. The quantitative estimate of drug-likeness (QED) is 0.336. The van der Waals surface area contributed by atoms with E-state index in [4.69, 9.17) is 11.6 Å². The molecule has 12 heteroatoms. The average molecular weight is 522 g/mol. The van der Waals surface area contributed by atoms with Crippen molar-refractivity contribution in [1.82, 2.24) is 14.6 Å². The monoisotopic (exact) mass is 521 g/mol. The van der Waals surface area contributed by atoms with Gasteiger partial charge in [-0.1, -0.05) is 24.6 Å². The van der Waals surface area contributed by atoms with E-state index >= 15 is 0 Å². The Morgan fingerprint density at radius 1 is 1.41 bits per heavy atom. The van der Waals surface area contributed by atoms with Gasteiger partial charge in [-0.05, 0) is 48.3 Å². The second-order valence-electron chi connectivity index (χ2n) is 8.02. The number of alkyl halides is 3. The maximum Gasteiger partial charge on any atom is 0.433 e. The van der Waals surface area contributed by atoms with Gasteiger partial charge in [0.2, 0.25) is 0 Å². The van der Waals surface area contributed by atoms with Gasteiger partial charge in [0.1, 0.15) is 16.1 Å². The number of hydrogen-bond donors (Lipinski definition) is 1. The summed E-state index contributed by atoms with van der Waals surface area (Å²) < 4.78 is 42.0. The zero-order valence-corrected chi connectivity index (χ0v) is 19.9. The topological polar surface area (TPSA) is 83.1 Å². The molecule has 0 aliphatic heterocycles. The maximum absolute atomic E-state index is 13.8. The Hall–Kier alpha value is -2.94. The van der Waals surface area contributed by atoms with Crippen molar-refractivity contribution in [2.45, 2.75) is 32.4 Å². The summed E-state index contributed by atoms with van der Waals surface area (Å²) in [6.07, 6.45) is -2.26. The van der Waals surface area contributed by atoms with Crippen molar-refractivity contribution in [2.75, 3.05) is 5.32 Å². The molecule has 5 rings (SSSR count). The van der Waals surface area contributed by atoms with Gasteiger partial charge in [0.25, 0.3) is 5.91 Å². The third kappa shape index (κ3) is 3.85. The number of carbonyl (C=O) groups excluding carboxylic acids is 1. The van der Waals surface area contributed by atoms with E-state index in [0.29, 0.717) is 25.9 Å². The van der Waals surface area contributed by atoms with E-state index in [0.717, 1.165) is 35.8 Å². The summed E-state index contributed by atoms with van der Waals surface area (Å²) >= 11 is 8.87. The standard InChI is InChI=1S/C22H15ClF3N5OS2/c1-10-4-5-11-12(9-27)21(34-15(11)7-10)29-20(32)18-17(23)19-28-13(14-3-2-6-33-14)8-16(22(24,25)26)31(19)30-18/h2-3,6,8,10H,4-5,7H2,1H3,(H,29,32)/t10-/m0/s1. The Kier molecular flexibility index (Phi) is 5.62. The van der Waals surface area contributed by atoms with Gasteiger partial charge in [0, 0.05) is 4.88 Å². The van der Waals surface area contributed by atoms with Gasteiger partial charge in [-0.3, -0.25) is 4.79 Å². The van der Waals surface area contributed by atoms with Gasteiger partial charge in [-0.15, -0.1) is 22.7 Å². The highest BCUT2D eigenvalue weighted by Crippen LogP contribution is 2.40. The van der Waals surface area contributed by atoms with Crippen LogP contribution >= 0.6 is 34.3 Å². The molecule has 6 nitrogen and oxygen atoms in total. The van der Waals surface area contributed by atoms with Crippen LogP contribution < -0.4 is 5.32 Å². The van der Waals surface area contributed by atoms with Gasteiger partial charge in [0.05, 0.1) is 16.1 Å². The highest BCUT2D eigenvalue weighted by atomic mass is 35.5. The number of halogens is 4. The van der Waals surface area contributed by atoms with Gasteiger partial charge in [0.15, 0.2) is 17.0 Å². The molecule has 0 saturated heterocycles. The molecule has 4 aromatic rings. The Morgan fingerprint density at radius 2 is 2.21 bits per heavy atom. The van der Waals surface area contributed by atoms with Crippen molar-refractivity contribution in [3.8, 4) is 16.6 Å². The number of nitriles is 1. The van der Waals surface area contributed by atoms with Crippen LogP contribution in [0.4, 0.5) is 18.2 Å². The zero-order valence-electron chi connectivity index (χ0n) is 17.5. The molecule has 0 radical (unpaired) electrons. The molecule has 0 fully saturated rings. The van der Waals surface area contributed by atoms with Crippen molar-refractivity contribution in [1.29, 1.82) is 5.26 Å². The van der Waals surface area contributed by atoms with E-state index in [2.05, 4.69) is 28.4 Å². The fraction of sp³-hybridized carbons (Fsp3) is 0.273. The molecule has 1 amide bonds. The minimum Gasteiger partial charge on any atom is -0.311 e. The fourth-order valence-electron chi connectivity index (χ4n) is 4.01. The first kappa shape index (κ1) is 22.8. The summed E-state index contributed by atoms with van der Waals surface area (Å²) in [5.74, 6) is -0.331. The zero-order chi connectivity index (χ0) is 24.2. The Bertz CT molecular complexity index is 1470. The third-order valence-corrected chi connectivity index (χ3v) is 8.07. The predicted molar refractivity (Wildman–Crippen MR) is 124 cm³/mol. The lowest BCUT2D eigenvalue weighted by Gasteiger charge is -2.17. The summed E-state index contributed by atoms with van der Waals surface area (Å²) in [6, 6.07) is 6.37. The van der Waals surface area contributed by atoms with Gasteiger partial charge < -0.3 is 5.32 Å². The highest BCUT2D eigenvalue weighted by Gasteiger charge is 2.37. The number of fused-ring (bicyclic) bond motifs is 2. The number of hydrogen-bond acceptors (Lipinski definition) is 6. The molecule has 0 spiro atoms. The van der Waals surface area contributed by atoms with E-state index in [9.17, 15) is 23.2 Å². The molecule has 34 heavy (non-hydrogen) atoms. The van der Waals surface area contributed by atoms with Crippen molar-refractivity contribution >= 4 is 50.8 Å². The molecule has 174 valence electrons. The van der Waals surface area contributed by atoms with E-state index in [1.54, 1.807) is 17.5 Å². The van der Waals surface area contributed by atoms with Crippen LogP contribution in [-0.4, -0.2) is 20.5 Å². The lowest BCUT2D eigenvalue weighted by atomic mass is 9.89. The van der Waals surface area contributed by atoms with Crippen LogP contribution in [0.5, 0.6) is 0 Å². The Balaban J connectivity index is 1.58. The van der Waals surface area contributed by atoms with Crippen LogP contribution in [0.1, 0.15) is 45.5 Å². The van der Waals surface area contributed by atoms with E-state index in [-0.39, 0.29) is 16.4 Å². The van der Waals surface area contributed by atoms with Crippen molar-refractivity contribution in [3.63, 3.8) is 0 Å². The number of amides is 1. The summed E-state index contributed by atoms with van der Waals surface area (Å²) in [4.78, 5) is 18.8.